The van der Waals surface area contributed by atoms with E-state index in [1.165, 1.54) is 12.4 Å². The predicted molar refractivity (Wildman–Crippen MR) is 93.4 cm³/mol. The van der Waals surface area contributed by atoms with Gasteiger partial charge in [0, 0.05) is 48.9 Å². The lowest BCUT2D eigenvalue weighted by molar-refractivity contribution is -0.122. The van der Waals surface area contributed by atoms with Crippen molar-refractivity contribution in [3.63, 3.8) is 0 Å². The average Bonchev–Trinajstić information content (AvgIpc) is 3.17. The van der Waals surface area contributed by atoms with Crippen molar-refractivity contribution in [2.45, 2.75) is 13.0 Å². The molecule has 8 nitrogen and oxygen atoms in total. The van der Waals surface area contributed by atoms with Gasteiger partial charge in [0.15, 0.2) is 5.82 Å². The molecular formula is C18H15N5O3. The van der Waals surface area contributed by atoms with Crippen LogP contribution in [0.5, 0.6) is 0 Å². The highest BCUT2D eigenvalue weighted by molar-refractivity contribution is 6.49. The Labute approximate surface area is 148 Å². The van der Waals surface area contributed by atoms with Crippen LogP contribution >= 0.6 is 0 Å². The van der Waals surface area contributed by atoms with Crippen molar-refractivity contribution in [1.82, 2.24) is 24.8 Å². The van der Waals surface area contributed by atoms with E-state index in [4.69, 9.17) is 5.11 Å². The van der Waals surface area contributed by atoms with Gasteiger partial charge in [0.2, 0.25) is 0 Å². The number of hydrogen-bond acceptors (Lipinski definition) is 6. The van der Waals surface area contributed by atoms with Crippen LogP contribution in [-0.4, -0.2) is 43.0 Å². The molecule has 0 aliphatic carbocycles. The molecule has 0 saturated carbocycles. The smallest absolute Gasteiger partial charge is 0.262 e. The lowest BCUT2D eigenvalue weighted by Gasteiger charge is -2.02. The zero-order chi connectivity index (χ0) is 18.1. The molecule has 3 aromatic rings. The number of carbonyl (C=O) groups is 2. The van der Waals surface area contributed by atoms with Gasteiger partial charge >= 0.3 is 0 Å². The van der Waals surface area contributed by atoms with E-state index in [9.17, 15) is 9.59 Å². The third kappa shape index (κ3) is 2.56. The Bertz CT molecular complexity index is 1040. The molecule has 0 spiro atoms. The molecule has 4 rings (SSSR count). The molecule has 1 aliphatic rings. The molecule has 26 heavy (non-hydrogen) atoms. The fourth-order valence-corrected chi connectivity index (χ4v) is 3.09. The van der Waals surface area contributed by atoms with Gasteiger partial charge in [-0.05, 0) is 24.6 Å². The fraction of sp³-hybridized carbons (Fsp3) is 0.167. The molecule has 2 N–H and O–H groups in total. The van der Waals surface area contributed by atoms with Crippen molar-refractivity contribution >= 4 is 34.0 Å². The summed E-state index contributed by atoms with van der Waals surface area (Å²) in [7, 11) is 0. The number of amides is 2. The Kier molecular flexibility index (Phi) is 4.02. The lowest BCUT2D eigenvalue weighted by Crippen LogP contribution is -2.23. The summed E-state index contributed by atoms with van der Waals surface area (Å²) in [6.07, 6.45) is 7.05. The van der Waals surface area contributed by atoms with Crippen molar-refractivity contribution < 1.29 is 14.7 Å². The summed E-state index contributed by atoms with van der Waals surface area (Å²) < 4.78 is 1.87. The van der Waals surface area contributed by atoms with Gasteiger partial charge in [-0.2, -0.15) is 0 Å². The highest BCUT2D eigenvalue weighted by Gasteiger charge is 2.35. The maximum Gasteiger partial charge on any atom is 0.262 e. The summed E-state index contributed by atoms with van der Waals surface area (Å²) in [5, 5.41) is 12.2. The second-order valence-corrected chi connectivity index (χ2v) is 5.79. The molecule has 0 saturated heterocycles. The van der Waals surface area contributed by atoms with Crippen LogP contribution in [0.25, 0.3) is 22.2 Å². The SMILES string of the molecule is O=C1NC(=O)C(c2cn(CCCO)c3ncccc23)=C1c1ncccn1. The quantitative estimate of drug-likeness (QED) is 0.659. The Hall–Kier alpha value is -3.39. The number of aliphatic hydroxyl groups excluding tert-OH is 1. The van der Waals surface area contributed by atoms with Crippen LogP contribution in [0.4, 0.5) is 0 Å². The minimum atomic E-state index is -0.517. The van der Waals surface area contributed by atoms with E-state index >= 15 is 0 Å². The number of hydrogen-bond donors (Lipinski definition) is 2. The summed E-state index contributed by atoms with van der Waals surface area (Å²) in [6, 6.07) is 5.26. The first-order valence-electron chi connectivity index (χ1n) is 8.13. The summed E-state index contributed by atoms with van der Waals surface area (Å²) in [6.45, 7) is 0.594. The van der Waals surface area contributed by atoms with E-state index in [-0.39, 0.29) is 23.6 Å². The maximum atomic E-state index is 12.5. The fourth-order valence-electron chi connectivity index (χ4n) is 3.09. The Morgan fingerprint density at radius 2 is 1.73 bits per heavy atom. The van der Waals surface area contributed by atoms with E-state index in [0.717, 1.165) is 5.39 Å². The summed E-state index contributed by atoms with van der Waals surface area (Å²) >= 11 is 0. The molecule has 3 aromatic heterocycles. The maximum absolute atomic E-state index is 12.5. The Balaban J connectivity index is 1.97. The number of fused-ring (bicyclic) bond motifs is 1. The van der Waals surface area contributed by atoms with Gasteiger partial charge in [-0.15, -0.1) is 0 Å². The molecule has 1 aliphatic heterocycles. The number of aliphatic hydroxyl groups is 1. The zero-order valence-corrected chi connectivity index (χ0v) is 13.7. The summed E-state index contributed by atoms with van der Waals surface area (Å²) in [5.41, 5.74) is 1.67. The Morgan fingerprint density at radius 3 is 2.50 bits per heavy atom. The third-order valence-electron chi connectivity index (χ3n) is 4.18. The number of rotatable bonds is 5. The van der Waals surface area contributed by atoms with Crippen molar-refractivity contribution in [3.05, 3.63) is 54.4 Å². The van der Waals surface area contributed by atoms with Gasteiger partial charge in [-0.25, -0.2) is 15.0 Å². The Morgan fingerprint density at radius 1 is 1.00 bits per heavy atom. The van der Waals surface area contributed by atoms with Crippen LogP contribution in [0.3, 0.4) is 0 Å². The monoisotopic (exact) mass is 349 g/mol. The molecule has 0 unspecified atom stereocenters. The van der Waals surface area contributed by atoms with Crippen LogP contribution in [0, 0.1) is 0 Å². The van der Waals surface area contributed by atoms with Crippen molar-refractivity contribution in [1.29, 1.82) is 0 Å². The number of aromatic nitrogens is 4. The van der Waals surface area contributed by atoms with Crippen molar-refractivity contribution in [2.75, 3.05) is 6.61 Å². The molecular weight excluding hydrogens is 334 g/mol. The first-order valence-corrected chi connectivity index (χ1v) is 8.13. The van der Waals surface area contributed by atoms with Crippen molar-refractivity contribution in [3.8, 4) is 0 Å². The molecule has 0 aromatic carbocycles. The number of pyridine rings is 1. The largest absolute Gasteiger partial charge is 0.396 e. The number of aryl methyl sites for hydroxylation is 1. The molecule has 4 heterocycles. The average molecular weight is 349 g/mol. The first kappa shape index (κ1) is 16.1. The standard InChI is InChI=1S/C18H15N5O3/c24-9-3-8-23-10-12(11-4-1-5-21-16(11)23)13-14(18(26)22-17(13)25)15-19-6-2-7-20-15/h1-2,4-7,10,24H,3,8-9H2,(H,22,25,26). The number of imide groups is 1. The van der Waals surface area contributed by atoms with Crippen LogP contribution < -0.4 is 5.32 Å². The normalized spacial score (nSPS) is 14.3. The predicted octanol–water partition coefficient (Wildman–Crippen LogP) is 0.776. The zero-order valence-electron chi connectivity index (χ0n) is 13.7. The van der Waals surface area contributed by atoms with Gasteiger partial charge in [0.05, 0.1) is 11.1 Å². The van der Waals surface area contributed by atoms with Gasteiger partial charge in [0.25, 0.3) is 11.8 Å². The highest BCUT2D eigenvalue weighted by Crippen LogP contribution is 2.34. The summed E-state index contributed by atoms with van der Waals surface area (Å²) in [4.78, 5) is 37.5. The minimum Gasteiger partial charge on any atom is -0.396 e. The van der Waals surface area contributed by atoms with Crippen LogP contribution in [-0.2, 0) is 16.1 Å². The molecule has 0 bridgehead atoms. The number of nitrogens with one attached hydrogen (secondary N) is 1. The molecule has 0 radical (unpaired) electrons. The number of nitrogens with zero attached hydrogens (tertiary/aromatic N) is 4. The van der Waals surface area contributed by atoms with Crippen molar-refractivity contribution in [2.24, 2.45) is 0 Å². The molecule has 8 heteroatoms. The van der Waals surface area contributed by atoms with E-state index in [1.807, 2.05) is 10.6 Å². The minimum absolute atomic E-state index is 0.0482. The van der Waals surface area contributed by atoms with Gasteiger partial charge < -0.3 is 9.67 Å². The van der Waals surface area contributed by atoms with Crippen LogP contribution in [0.1, 0.15) is 17.8 Å². The van der Waals surface area contributed by atoms with E-state index in [0.29, 0.717) is 24.2 Å². The lowest BCUT2D eigenvalue weighted by atomic mass is 10.0. The van der Waals surface area contributed by atoms with E-state index in [2.05, 4.69) is 20.3 Å². The topological polar surface area (TPSA) is 110 Å². The molecule has 0 atom stereocenters. The van der Waals surface area contributed by atoms with Gasteiger partial charge in [0.1, 0.15) is 5.65 Å². The van der Waals surface area contributed by atoms with Crippen LogP contribution in [0.15, 0.2) is 43.0 Å². The van der Waals surface area contributed by atoms with Gasteiger partial charge in [-0.1, -0.05) is 0 Å². The molecule has 130 valence electrons. The first-order chi connectivity index (χ1) is 12.7. The second kappa shape index (κ2) is 6.49. The van der Waals surface area contributed by atoms with Crippen LogP contribution in [0.2, 0.25) is 0 Å². The third-order valence-corrected chi connectivity index (χ3v) is 4.18. The highest BCUT2D eigenvalue weighted by atomic mass is 16.3. The number of carbonyl (C=O) groups excluding carboxylic acids is 2. The second-order valence-electron chi connectivity index (χ2n) is 5.79. The van der Waals surface area contributed by atoms with Gasteiger partial charge in [-0.3, -0.25) is 14.9 Å². The molecule has 0 fully saturated rings. The molecule has 2 amide bonds. The van der Waals surface area contributed by atoms with E-state index < -0.39 is 11.8 Å². The van der Waals surface area contributed by atoms with E-state index in [1.54, 1.807) is 24.5 Å². The summed E-state index contributed by atoms with van der Waals surface area (Å²) in [5.74, 6) is -0.801.